The number of esters is 1. The van der Waals surface area contributed by atoms with Gasteiger partial charge in [-0.05, 0) is 36.4 Å². The summed E-state index contributed by atoms with van der Waals surface area (Å²) >= 11 is 0. The summed E-state index contributed by atoms with van der Waals surface area (Å²) in [6.45, 7) is 2.73. The highest BCUT2D eigenvalue weighted by atomic mass is 16.5. The number of ether oxygens (including phenoxy) is 2. The normalized spacial score (nSPS) is 15.8. The molecule has 1 aliphatic rings. The van der Waals surface area contributed by atoms with Crippen LogP contribution in [0.2, 0.25) is 0 Å². The Morgan fingerprint density at radius 3 is 2.33 bits per heavy atom. The lowest BCUT2D eigenvalue weighted by molar-refractivity contribution is -0.135. The maximum Gasteiger partial charge on any atom is 0.308 e. The van der Waals surface area contributed by atoms with Crippen LogP contribution in [-0.2, 0) is 14.3 Å². The number of anilines is 1. The lowest BCUT2D eigenvalue weighted by Gasteiger charge is -2.21. The van der Waals surface area contributed by atoms with Crippen molar-refractivity contribution in [3.8, 4) is 5.75 Å². The Morgan fingerprint density at radius 1 is 1.07 bits per heavy atom. The van der Waals surface area contributed by atoms with Crippen molar-refractivity contribution in [2.24, 2.45) is 5.10 Å². The summed E-state index contributed by atoms with van der Waals surface area (Å²) in [7, 11) is 3.91. The third kappa shape index (κ3) is 3.92. The molecule has 2 aromatic rings. The van der Waals surface area contributed by atoms with Crippen LogP contribution in [0.1, 0.15) is 31.2 Å². The highest BCUT2D eigenvalue weighted by Gasteiger charge is 2.35. The van der Waals surface area contributed by atoms with E-state index in [0.29, 0.717) is 17.2 Å². The van der Waals surface area contributed by atoms with Crippen molar-refractivity contribution in [2.75, 3.05) is 19.0 Å². The van der Waals surface area contributed by atoms with Gasteiger partial charge in [-0.3, -0.25) is 9.59 Å². The average Bonchev–Trinajstić information content (AvgIpc) is 3.07. The zero-order valence-electron chi connectivity index (χ0n) is 15.7. The smallest absolute Gasteiger partial charge is 0.308 e. The minimum atomic E-state index is -0.804. The molecule has 27 heavy (non-hydrogen) atoms. The van der Waals surface area contributed by atoms with Crippen molar-refractivity contribution in [3.63, 3.8) is 0 Å². The second-order valence-corrected chi connectivity index (χ2v) is 6.31. The van der Waals surface area contributed by atoms with Gasteiger partial charge in [0.25, 0.3) is 0 Å². The second kappa shape index (κ2) is 7.49. The standard InChI is InChI=1S/C20H21N3O4/c1-13(24)23-20(17-7-5-6-8-18(17)26-14(2)25)27-19(21-23)15-9-11-16(12-10-15)22(3)4/h5-12,20H,1-4H3/t20-/m0/s1. The fourth-order valence-corrected chi connectivity index (χ4v) is 2.72. The van der Waals surface area contributed by atoms with Gasteiger partial charge in [-0.1, -0.05) is 12.1 Å². The van der Waals surface area contributed by atoms with Gasteiger partial charge >= 0.3 is 5.97 Å². The van der Waals surface area contributed by atoms with Crippen LogP contribution in [-0.4, -0.2) is 36.9 Å². The zero-order valence-corrected chi connectivity index (χ0v) is 15.7. The first-order valence-electron chi connectivity index (χ1n) is 8.47. The average molecular weight is 367 g/mol. The van der Waals surface area contributed by atoms with Crippen molar-refractivity contribution < 1.29 is 19.1 Å². The molecular weight excluding hydrogens is 346 g/mol. The molecule has 3 rings (SSSR count). The Balaban J connectivity index is 1.93. The van der Waals surface area contributed by atoms with Crippen molar-refractivity contribution in [1.82, 2.24) is 5.01 Å². The molecule has 0 fully saturated rings. The van der Waals surface area contributed by atoms with Crippen LogP contribution in [0.25, 0.3) is 0 Å². The van der Waals surface area contributed by atoms with E-state index in [1.54, 1.807) is 24.3 Å². The molecule has 7 nitrogen and oxygen atoms in total. The molecule has 7 heteroatoms. The molecule has 140 valence electrons. The molecule has 0 aromatic heterocycles. The Hall–Kier alpha value is -3.35. The summed E-state index contributed by atoms with van der Waals surface area (Å²) in [5, 5.41) is 5.58. The summed E-state index contributed by atoms with van der Waals surface area (Å²) in [6, 6.07) is 14.6. The number of hydrazone groups is 1. The van der Waals surface area contributed by atoms with Gasteiger partial charge in [0.1, 0.15) is 5.75 Å². The number of nitrogens with zero attached hydrogens (tertiary/aromatic N) is 3. The van der Waals surface area contributed by atoms with E-state index >= 15 is 0 Å². The topological polar surface area (TPSA) is 71.4 Å². The zero-order chi connectivity index (χ0) is 19.6. The molecule has 1 atom stereocenters. The fraction of sp³-hybridized carbons (Fsp3) is 0.250. The van der Waals surface area contributed by atoms with E-state index in [1.807, 2.05) is 43.3 Å². The summed E-state index contributed by atoms with van der Waals surface area (Å²) in [4.78, 5) is 25.5. The molecule has 0 spiro atoms. The lowest BCUT2D eigenvalue weighted by atomic mass is 10.1. The molecule has 1 heterocycles. The minimum absolute atomic E-state index is 0.280. The van der Waals surface area contributed by atoms with Gasteiger partial charge in [0.15, 0.2) is 0 Å². The SMILES string of the molecule is CC(=O)Oc1ccccc1[C@@H]1OC(c2ccc(N(C)C)cc2)=NN1C(C)=O. The predicted octanol–water partition coefficient (Wildman–Crippen LogP) is 2.92. The number of carbonyl (C=O) groups excluding carboxylic acids is 2. The summed E-state index contributed by atoms with van der Waals surface area (Å²) in [5.41, 5.74) is 2.34. The summed E-state index contributed by atoms with van der Waals surface area (Å²) in [6.07, 6.45) is -0.804. The number of amides is 1. The molecular formula is C20H21N3O4. The number of rotatable bonds is 4. The Morgan fingerprint density at radius 2 is 1.74 bits per heavy atom. The number of para-hydroxylation sites is 1. The van der Waals surface area contributed by atoms with Crippen LogP contribution in [0, 0.1) is 0 Å². The molecule has 2 aromatic carbocycles. The van der Waals surface area contributed by atoms with E-state index in [-0.39, 0.29) is 5.91 Å². The molecule has 1 amide bonds. The van der Waals surface area contributed by atoms with E-state index in [1.165, 1.54) is 18.9 Å². The van der Waals surface area contributed by atoms with Gasteiger partial charge in [0.2, 0.25) is 18.0 Å². The third-order valence-electron chi connectivity index (χ3n) is 4.04. The molecule has 0 saturated carbocycles. The van der Waals surface area contributed by atoms with E-state index < -0.39 is 12.2 Å². The minimum Gasteiger partial charge on any atom is -0.446 e. The van der Waals surface area contributed by atoms with Crippen LogP contribution in [0.3, 0.4) is 0 Å². The highest BCUT2D eigenvalue weighted by molar-refractivity contribution is 5.96. The fourth-order valence-electron chi connectivity index (χ4n) is 2.72. The molecule has 0 saturated heterocycles. The largest absolute Gasteiger partial charge is 0.446 e. The maximum atomic E-state index is 12.1. The van der Waals surface area contributed by atoms with Gasteiger partial charge in [-0.25, -0.2) is 0 Å². The molecule has 1 aliphatic heterocycles. The lowest BCUT2D eigenvalue weighted by Crippen LogP contribution is -2.26. The van der Waals surface area contributed by atoms with E-state index in [9.17, 15) is 9.59 Å². The van der Waals surface area contributed by atoms with Gasteiger partial charge in [0, 0.05) is 39.2 Å². The molecule has 0 N–H and O–H groups in total. The maximum absolute atomic E-state index is 12.1. The monoisotopic (exact) mass is 367 g/mol. The van der Waals surface area contributed by atoms with E-state index in [4.69, 9.17) is 9.47 Å². The Labute approximate surface area is 157 Å². The molecule has 0 unspecified atom stereocenters. The molecule has 0 radical (unpaired) electrons. The van der Waals surface area contributed by atoms with Gasteiger partial charge in [-0.2, -0.15) is 5.01 Å². The Kier molecular flexibility index (Phi) is 5.12. The first-order valence-corrected chi connectivity index (χ1v) is 8.47. The van der Waals surface area contributed by atoms with Crippen molar-refractivity contribution >= 4 is 23.5 Å². The number of benzene rings is 2. The number of hydrogen-bond acceptors (Lipinski definition) is 6. The predicted molar refractivity (Wildman–Crippen MR) is 101 cm³/mol. The highest BCUT2D eigenvalue weighted by Crippen LogP contribution is 2.35. The van der Waals surface area contributed by atoms with Crippen LogP contribution in [0.4, 0.5) is 5.69 Å². The van der Waals surface area contributed by atoms with E-state index in [2.05, 4.69) is 5.10 Å². The quantitative estimate of drug-likeness (QED) is 0.614. The first-order chi connectivity index (χ1) is 12.9. The molecule has 0 bridgehead atoms. The van der Waals surface area contributed by atoms with Crippen LogP contribution in [0.5, 0.6) is 5.75 Å². The van der Waals surface area contributed by atoms with Gasteiger partial charge in [0.05, 0.1) is 5.56 Å². The van der Waals surface area contributed by atoms with Crippen molar-refractivity contribution in [3.05, 3.63) is 59.7 Å². The van der Waals surface area contributed by atoms with Crippen LogP contribution in [0.15, 0.2) is 53.6 Å². The first kappa shape index (κ1) is 18.4. The number of hydrogen-bond donors (Lipinski definition) is 0. The number of carbonyl (C=O) groups is 2. The van der Waals surface area contributed by atoms with Crippen LogP contribution >= 0.6 is 0 Å². The van der Waals surface area contributed by atoms with Gasteiger partial charge in [-0.15, -0.1) is 5.10 Å². The van der Waals surface area contributed by atoms with Gasteiger partial charge < -0.3 is 14.4 Å². The third-order valence-corrected chi connectivity index (χ3v) is 4.04. The molecule has 0 aliphatic carbocycles. The van der Waals surface area contributed by atoms with Crippen LogP contribution < -0.4 is 9.64 Å². The van der Waals surface area contributed by atoms with E-state index in [0.717, 1.165) is 11.3 Å². The summed E-state index contributed by atoms with van der Waals surface area (Å²) in [5.74, 6) is -0.0634. The summed E-state index contributed by atoms with van der Waals surface area (Å²) < 4.78 is 11.2. The van der Waals surface area contributed by atoms with Crippen molar-refractivity contribution in [1.29, 1.82) is 0 Å². The second-order valence-electron chi connectivity index (χ2n) is 6.31. The Bertz CT molecular complexity index is 890. The van der Waals surface area contributed by atoms with Crippen molar-refractivity contribution in [2.45, 2.75) is 20.1 Å².